The minimum absolute atomic E-state index is 0.116. The van der Waals surface area contributed by atoms with Crippen molar-refractivity contribution in [3.63, 3.8) is 0 Å². The zero-order valence-electron chi connectivity index (χ0n) is 10.9. The first kappa shape index (κ1) is 13.9. The zero-order chi connectivity index (χ0) is 14.0. The first-order chi connectivity index (χ1) is 8.93. The molecule has 1 aromatic rings. The number of hydrogen-bond acceptors (Lipinski definition) is 5. The van der Waals surface area contributed by atoms with Crippen LogP contribution in [0.25, 0.3) is 0 Å². The summed E-state index contributed by atoms with van der Waals surface area (Å²) in [5.74, 6) is 0. The van der Waals surface area contributed by atoms with Crippen LogP contribution in [0.1, 0.15) is 19.5 Å². The second kappa shape index (κ2) is 5.25. The summed E-state index contributed by atoms with van der Waals surface area (Å²) in [4.78, 5) is 3.95. The maximum atomic E-state index is 12.5. The lowest BCUT2D eigenvalue weighted by atomic mass is 10.2. The molecule has 102 valence electrons. The van der Waals surface area contributed by atoms with Crippen molar-refractivity contribution in [2.24, 2.45) is 0 Å². The highest BCUT2D eigenvalue weighted by molar-refractivity contribution is 7.89. The normalized spacial score (nSPS) is 24.9. The van der Waals surface area contributed by atoms with E-state index < -0.39 is 10.0 Å². The van der Waals surface area contributed by atoms with Crippen LogP contribution in [0, 0.1) is 11.3 Å². The van der Waals surface area contributed by atoms with Crippen molar-refractivity contribution >= 4 is 10.0 Å². The van der Waals surface area contributed by atoms with Crippen molar-refractivity contribution < 1.29 is 8.42 Å². The molecule has 6 nitrogen and oxygen atoms in total. The van der Waals surface area contributed by atoms with Crippen molar-refractivity contribution in [2.45, 2.75) is 30.8 Å². The summed E-state index contributed by atoms with van der Waals surface area (Å²) in [5, 5.41) is 12.0. The van der Waals surface area contributed by atoms with Crippen molar-refractivity contribution in [3.8, 4) is 6.07 Å². The van der Waals surface area contributed by atoms with Crippen LogP contribution in [0.3, 0.4) is 0 Å². The highest BCUT2D eigenvalue weighted by Crippen LogP contribution is 2.18. The molecule has 1 N–H and O–H groups in total. The van der Waals surface area contributed by atoms with Gasteiger partial charge in [0.1, 0.15) is 16.7 Å². The lowest BCUT2D eigenvalue weighted by Crippen LogP contribution is -2.55. The Bertz CT molecular complexity index is 581. The second-order valence-corrected chi connectivity index (χ2v) is 6.72. The Morgan fingerprint density at radius 3 is 2.47 bits per heavy atom. The highest BCUT2D eigenvalue weighted by atomic mass is 32.2. The molecule has 19 heavy (non-hydrogen) atoms. The summed E-state index contributed by atoms with van der Waals surface area (Å²) in [7, 11) is -3.53. The van der Waals surface area contributed by atoms with Crippen LogP contribution in [0.2, 0.25) is 0 Å². The molecule has 0 radical (unpaired) electrons. The van der Waals surface area contributed by atoms with Crippen LogP contribution in [-0.2, 0) is 10.0 Å². The quantitative estimate of drug-likeness (QED) is 0.843. The standard InChI is InChI=1S/C12H16N4O2S/c1-9-7-16(8-10(2)15-9)19(17,18)12-4-3-11(5-13)14-6-12/h3-4,6,9-10,15H,7-8H2,1-2H3. The summed E-state index contributed by atoms with van der Waals surface area (Å²) < 4.78 is 26.4. The molecule has 2 heterocycles. The van der Waals surface area contributed by atoms with Crippen LogP contribution in [0.5, 0.6) is 0 Å². The smallest absolute Gasteiger partial charge is 0.244 e. The minimum Gasteiger partial charge on any atom is -0.309 e. The molecular weight excluding hydrogens is 264 g/mol. The number of pyridine rings is 1. The first-order valence-electron chi connectivity index (χ1n) is 6.06. The van der Waals surface area contributed by atoms with Crippen molar-refractivity contribution in [1.29, 1.82) is 5.26 Å². The van der Waals surface area contributed by atoms with Crippen LogP contribution < -0.4 is 5.32 Å². The summed E-state index contributed by atoms with van der Waals surface area (Å²) >= 11 is 0. The number of nitrogens with zero attached hydrogens (tertiary/aromatic N) is 3. The maximum Gasteiger partial charge on any atom is 0.244 e. The predicted octanol–water partition coefficient (Wildman–Crippen LogP) is 0.324. The van der Waals surface area contributed by atoms with Gasteiger partial charge in [0, 0.05) is 31.4 Å². The minimum atomic E-state index is -3.53. The lowest BCUT2D eigenvalue weighted by Gasteiger charge is -2.35. The monoisotopic (exact) mass is 280 g/mol. The van der Waals surface area contributed by atoms with E-state index in [2.05, 4.69) is 10.3 Å². The summed E-state index contributed by atoms with van der Waals surface area (Å²) in [6, 6.07) is 4.95. The molecule has 1 aromatic heterocycles. The van der Waals surface area contributed by atoms with Gasteiger partial charge in [0.25, 0.3) is 0 Å². The first-order valence-corrected chi connectivity index (χ1v) is 7.50. The predicted molar refractivity (Wildman–Crippen MR) is 69.8 cm³/mol. The second-order valence-electron chi connectivity index (χ2n) is 4.78. The van der Waals surface area contributed by atoms with Gasteiger partial charge in [-0.1, -0.05) is 0 Å². The molecule has 2 atom stereocenters. The van der Waals surface area contributed by atoms with E-state index in [4.69, 9.17) is 5.26 Å². The molecule has 0 spiro atoms. The van der Waals surface area contributed by atoms with Crippen LogP contribution in [0.15, 0.2) is 23.2 Å². The van der Waals surface area contributed by atoms with Crippen molar-refractivity contribution in [3.05, 3.63) is 24.0 Å². The van der Waals surface area contributed by atoms with Gasteiger partial charge < -0.3 is 5.32 Å². The molecule has 1 saturated heterocycles. The van der Waals surface area contributed by atoms with E-state index in [1.54, 1.807) is 0 Å². The number of piperazine rings is 1. The van der Waals surface area contributed by atoms with Gasteiger partial charge in [-0.25, -0.2) is 13.4 Å². The highest BCUT2D eigenvalue weighted by Gasteiger charge is 2.31. The van der Waals surface area contributed by atoms with E-state index in [1.165, 1.54) is 22.6 Å². The number of sulfonamides is 1. The summed E-state index contributed by atoms with van der Waals surface area (Å²) in [6.45, 7) is 4.78. The van der Waals surface area contributed by atoms with Gasteiger partial charge in [-0.2, -0.15) is 9.57 Å². The van der Waals surface area contributed by atoms with Gasteiger partial charge in [0.15, 0.2) is 0 Å². The SMILES string of the molecule is CC1CN(S(=O)(=O)c2ccc(C#N)nc2)CC(C)N1. The molecule has 1 aliphatic heterocycles. The van der Waals surface area contributed by atoms with Crippen molar-refractivity contribution in [2.75, 3.05) is 13.1 Å². The van der Waals surface area contributed by atoms with E-state index in [9.17, 15) is 8.42 Å². The van der Waals surface area contributed by atoms with Crippen LogP contribution >= 0.6 is 0 Å². The van der Waals surface area contributed by atoms with E-state index >= 15 is 0 Å². The third-order valence-corrected chi connectivity index (χ3v) is 4.83. The summed E-state index contributed by atoms with van der Waals surface area (Å²) in [6.07, 6.45) is 1.24. The zero-order valence-corrected chi connectivity index (χ0v) is 11.7. The molecule has 1 aliphatic rings. The number of nitrogens with one attached hydrogen (secondary N) is 1. The van der Waals surface area contributed by atoms with E-state index in [0.717, 1.165) is 0 Å². The van der Waals surface area contributed by atoms with Gasteiger partial charge in [-0.15, -0.1) is 0 Å². The largest absolute Gasteiger partial charge is 0.309 e. The molecule has 1 fully saturated rings. The van der Waals surface area contributed by atoms with Gasteiger partial charge in [-0.05, 0) is 26.0 Å². The fourth-order valence-corrected chi connectivity index (χ4v) is 3.78. The Hall–Kier alpha value is -1.49. The third kappa shape index (κ3) is 2.92. The van der Waals surface area contributed by atoms with Gasteiger partial charge in [0.05, 0.1) is 0 Å². The number of nitriles is 1. The number of rotatable bonds is 2. The van der Waals surface area contributed by atoms with Crippen LogP contribution in [0.4, 0.5) is 0 Å². The van der Waals surface area contributed by atoms with E-state index in [0.29, 0.717) is 13.1 Å². The van der Waals surface area contributed by atoms with Gasteiger partial charge in [-0.3, -0.25) is 0 Å². The molecule has 0 aromatic carbocycles. The topological polar surface area (TPSA) is 86.1 Å². The molecule has 2 unspecified atom stereocenters. The lowest BCUT2D eigenvalue weighted by molar-refractivity contribution is 0.263. The van der Waals surface area contributed by atoms with E-state index in [-0.39, 0.29) is 22.7 Å². The Morgan fingerprint density at radius 1 is 1.37 bits per heavy atom. The third-order valence-electron chi connectivity index (χ3n) is 3.01. The molecule has 7 heteroatoms. The van der Waals surface area contributed by atoms with E-state index in [1.807, 2.05) is 19.9 Å². The van der Waals surface area contributed by atoms with Gasteiger partial charge >= 0.3 is 0 Å². The molecule has 2 rings (SSSR count). The average molecular weight is 280 g/mol. The molecule has 0 aliphatic carbocycles. The molecule has 0 amide bonds. The number of aromatic nitrogens is 1. The fourth-order valence-electron chi connectivity index (χ4n) is 2.22. The average Bonchev–Trinajstić information content (AvgIpc) is 2.37. The fraction of sp³-hybridized carbons (Fsp3) is 0.500. The Labute approximate surface area is 113 Å². The summed E-state index contributed by atoms with van der Waals surface area (Å²) in [5.41, 5.74) is 0.209. The number of hydrogen-bond donors (Lipinski definition) is 1. The van der Waals surface area contributed by atoms with Crippen LogP contribution in [-0.4, -0.2) is 42.9 Å². The Kier molecular flexibility index (Phi) is 3.85. The molecule has 0 bridgehead atoms. The maximum absolute atomic E-state index is 12.5. The molecule has 0 saturated carbocycles. The van der Waals surface area contributed by atoms with Crippen molar-refractivity contribution in [1.82, 2.24) is 14.6 Å². The molecular formula is C12H16N4O2S. The Morgan fingerprint density at radius 2 is 2.00 bits per heavy atom. The Balaban J connectivity index is 2.28. The van der Waals surface area contributed by atoms with Gasteiger partial charge in [0.2, 0.25) is 10.0 Å².